The van der Waals surface area contributed by atoms with Crippen molar-refractivity contribution in [2.45, 2.75) is 6.42 Å². The van der Waals surface area contributed by atoms with Crippen LogP contribution in [0.25, 0.3) is 0 Å². The highest BCUT2D eigenvalue weighted by atomic mass is 35.5. The maximum Gasteiger partial charge on any atom is 0.233 e. The molecule has 0 aliphatic carbocycles. The van der Waals surface area contributed by atoms with Crippen molar-refractivity contribution in [3.8, 4) is 0 Å². The summed E-state index contributed by atoms with van der Waals surface area (Å²) in [5, 5.41) is 5.10. The number of halogens is 2. The number of anilines is 1. The minimum absolute atomic E-state index is 0.0813. The fraction of sp³-hybridized carbons (Fsp3) is 0.222. The van der Waals surface area contributed by atoms with Crippen molar-refractivity contribution in [1.82, 2.24) is 10.3 Å². The highest BCUT2D eigenvalue weighted by molar-refractivity contribution is 6.34. The Morgan fingerprint density at radius 1 is 1.31 bits per heavy atom. The summed E-state index contributed by atoms with van der Waals surface area (Å²) in [4.78, 5) is 26.0. The maximum atomic E-state index is 11.3. The van der Waals surface area contributed by atoms with E-state index in [4.69, 9.17) is 23.2 Å². The lowest BCUT2D eigenvalue weighted by Gasteiger charge is -2.05. The maximum absolute atomic E-state index is 11.3. The minimum atomic E-state index is -0.467. The molecule has 1 aromatic rings. The normalized spacial score (nSPS) is 9.69. The molecular weight excluding hydrogens is 253 g/mol. The molecule has 0 radical (unpaired) electrons. The van der Waals surface area contributed by atoms with Crippen LogP contribution in [0.1, 0.15) is 6.42 Å². The van der Waals surface area contributed by atoms with Gasteiger partial charge in [0.1, 0.15) is 11.6 Å². The summed E-state index contributed by atoms with van der Waals surface area (Å²) >= 11 is 11.3. The molecule has 0 aromatic carbocycles. The number of nitrogens with zero attached hydrogens (tertiary/aromatic N) is 1. The van der Waals surface area contributed by atoms with E-state index >= 15 is 0 Å². The third-order valence-electron chi connectivity index (χ3n) is 1.69. The number of rotatable bonds is 3. The van der Waals surface area contributed by atoms with Crippen molar-refractivity contribution in [3.63, 3.8) is 0 Å². The van der Waals surface area contributed by atoms with Gasteiger partial charge in [-0.2, -0.15) is 0 Å². The third-order valence-corrected chi connectivity index (χ3v) is 2.19. The van der Waals surface area contributed by atoms with Gasteiger partial charge in [0.25, 0.3) is 0 Å². The number of carbonyl (C=O) groups is 2. The van der Waals surface area contributed by atoms with Gasteiger partial charge >= 0.3 is 0 Å². The number of hydrogen-bond donors (Lipinski definition) is 2. The van der Waals surface area contributed by atoms with E-state index in [0.717, 1.165) is 0 Å². The Bertz CT molecular complexity index is 423. The first kappa shape index (κ1) is 12.7. The second-order valence-electron chi connectivity index (χ2n) is 2.87. The van der Waals surface area contributed by atoms with Crippen molar-refractivity contribution in [1.29, 1.82) is 0 Å². The van der Waals surface area contributed by atoms with Gasteiger partial charge < -0.3 is 10.6 Å². The van der Waals surface area contributed by atoms with Crippen LogP contribution in [0.15, 0.2) is 12.1 Å². The molecule has 2 N–H and O–H groups in total. The summed E-state index contributed by atoms with van der Waals surface area (Å²) in [5.74, 6) is -0.846. The van der Waals surface area contributed by atoms with Crippen molar-refractivity contribution in [2.75, 3.05) is 12.4 Å². The third kappa shape index (κ3) is 3.67. The molecule has 7 heteroatoms. The molecule has 0 saturated carbocycles. The fourth-order valence-electron chi connectivity index (χ4n) is 0.934. The lowest BCUT2D eigenvalue weighted by molar-refractivity contribution is -0.126. The predicted molar refractivity (Wildman–Crippen MR) is 61.6 cm³/mol. The smallest absolute Gasteiger partial charge is 0.233 e. The van der Waals surface area contributed by atoms with Gasteiger partial charge in [-0.3, -0.25) is 9.59 Å². The van der Waals surface area contributed by atoms with E-state index in [-0.39, 0.29) is 22.6 Å². The van der Waals surface area contributed by atoms with Crippen LogP contribution in [0.3, 0.4) is 0 Å². The van der Waals surface area contributed by atoms with E-state index in [0.29, 0.717) is 5.69 Å². The quantitative estimate of drug-likeness (QED) is 0.640. The van der Waals surface area contributed by atoms with Gasteiger partial charge in [0.2, 0.25) is 11.8 Å². The van der Waals surface area contributed by atoms with Gasteiger partial charge in [0, 0.05) is 7.05 Å². The van der Waals surface area contributed by atoms with E-state index in [9.17, 15) is 9.59 Å². The average molecular weight is 262 g/mol. The van der Waals surface area contributed by atoms with Crippen LogP contribution < -0.4 is 10.6 Å². The van der Waals surface area contributed by atoms with E-state index < -0.39 is 5.91 Å². The largest absolute Gasteiger partial charge is 0.359 e. The van der Waals surface area contributed by atoms with E-state index in [1.54, 1.807) is 0 Å². The van der Waals surface area contributed by atoms with Gasteiger partial charge in [0.05, 0.1) is 5.69 Å². The second-order valence-corrected chi connectivity index (χ2v) is 3.62. The number of carbonyl (C=O) groups excluding carboxylic acids is 2. The fourth-order valence-corrected chi connectivity index (χ4v) is 1.33. The molecule has 0 aliphatic rings. The van der Waals surface area contributed by atoms with Crippen LogP contribution in [0.5, 0.6) is 0 Å². The van der Waals surface area contributed by atoms with Gasteiger partial charge in [-0.05, 0) is 12.1 Å². The molecule has 2 amide bonds. The molecule has 86 valence electrons. The number of pyridine rings is 1. The number of amides is 2. The van der Waals surface area contributed by atoms with E-state index in [2.05, 4.69) is 15.6 Å². The lowest BCUT2D eigenvalue weighted by atomic mass is 10.3. The van der Waals surface area contributed by atoms with Crippen LogP contribution in [0, 0.1) is 0 Å². The highest BCUT2D eigenvalue weighted by Gasteiger charge is 2.10. The first-order chi connectivity index (χ1) is 7.52. The summed E-state index contributed by atoms with van der Waals surface area (Å²) < 4.78 is 0. The first-order valence-corrected chi connectivity index (χ1v) is 5.11. The molecule has 0 saturated heterocycles. The molecule has 0 bridgehead atoms. The number of hydrogen-bond acceptors (Lipinski definition) is 3. The van der Waals surface area contributed by atoms with Crippen molar-refractivity contribution in [2.24, 2.45) is 0 Å². The summed E-state index contributed by atoms with van der Waals surface area (Å²) in [6.45, 7) is 0. The Balaban J connectivity index is 2.66. The molecule has 5 nitrogen and oxygen atoms in total. The van der Waals surface area contributed by atoms with Crippen LogP contribution in [0.2, 0.25) is 10.3 Å². The van der Waals surface area contributed by atoms with Crippen LogP contribution in [-0.2, 0) is 9.59 Å². The van der Waals surface area contributed by atoms with Gasteiger partial charge in [-0.15, -0.1) is 0 Å². The molecule has 1 aromatic heterocycles. The van der Waals surface area contributed by atoms with E-state index in [1.165, 1.54) is 19.2 Å². The number of aromatic nitrogens is 1. The molecule has 0 atom stereocenters. The molecule has 0 unspecified atom stereocenters. The SMILES string of the molecule is CNC(=O)CC(=O)Nc1ccc(Cl)nc1Cl. The van der Waals surface area contributed by atoms with Crippen molar-refractivity contribution < 1.29 is 9.59 Å². The molecule has 0 fully saturated rings. The lowest BCUT2D eigenvalue weighted by Crippen LogP contribution is -2.25. The monoisotopic (exact) mass is 261 g/mol. The van der Waals surface area contributed by atoms with Crippen molar-refractivity contribution >= 4 is 40.7 Å². The predicted octanol–water partition coefficient (Wildman–Crippen LogP) is 1.46. The number of nitrogens with one attached hydrogen (secondary N) is 2. The summed E-state index contributed by atoms with van der Waals surface area (Å²) in [6, 6.07) is 3.00. The topological polar surface area (TPSA) is 71.1 Å². The van der Waals surface area contributed by atoms with Crippen molar-refractivity contribution in [3.05, 3.63) is 22.4 Å². The van der Waals surface area contributed by atoms with Gasteiger partial charge in [-0.25, -0.2) is 4.98 Å². The molecule has 1 rings (SSSR count). The summed E-state index contributed by atoms with van der Waals surface area (Å²) in [7, 11) is 1.45. The zero-order valence-electron chi connectivity index (χ0n) is 8.38. The average Bonchev–Trinajstić information content (AvgIpc) is 2.22. The zero-order chi connectivity index (χ0) is 12.1. The minimum Gasteiger partial charge on any atom is -0.359 e. The standard InChI is InChI=1S/C9H9Cl2N3O2/c1-12-7(15)4-8(16)13-5-2-3-6(10)14-9(5)11/h2-3H,4H2,1H3,(H,12,15)(H,13,16). The molecule has 0 spiro atoms. The highest BCUT2D eigenvalue weighted by Crippen LogP contribution is 2.21. The van der Waals surface area contributed by atoms with Gasteiger partial charge in [0.15, 0.2) is 5.15 Å². The van der Waals surface area contributed by atoms with Crippen LogP contribution >= 0.6 is 23.2 Å². The van der Waals surface area contributed by atoms with E-state index in [1.807, 2.05) is 0 Å². The Morgan fingerprint density at radius 2 is 2.00 bits per heavy atom. The zero-order valence-corrected chi connectivity index (χ0v) is 9.89. The first-order valence-electron chi connectivity index (χ1n) is 4.35. The molecule has 16 heavy (non-hydrogen) atoms. The Labute approximate surface area is 102 Å². The van der Waals surface area contributed by atoms with Crippen LogP contribution in [-0.4, -0.2) is 23.8 Å². The molecular formula is C9H9Cl2N3O2. The van der Waals surface area contributed by atoms with Crippen LogP contribution in [0.4, 0.5) is 5.69 Å². The second kappa shape index (κ2) is 5.67. The summed E-state index contributed by atoms with van der Waals surface area (Å²) in [5.41, 5.74) is 0.319. The molecule has 0 aliphatic heterocycles. The Hall–Kier alpha value is -1.33. The van der Waals surface area contributed by atoms with Gasteiger partial charge in [-0.1, -0.05) is 23.2 Å². The molecule has 1 heterocycles. The summed E-state index contributed by atoms with van der Waals surface area (Å²) in [6.07, 6.45) is -0.268. The Morgan fingerprint density at radius 3 is 2.56 bits per heavy atom. The Kier molecular flexibility index (Phi) is 4.52.